The normalized spacial score (nSPS) is 11.5. The molecule has 5 heteroatoms. The first-order valence-electron chi connectivity index (χ1n) is 5.82. The molecule has 0 amide bonds. The number of aromatic nitrogens is 1. The fraction of sp³-hybridized carbons (Fsp3) is 0.214. The number of pyridine rings is 1. The van der Waals surface area contributed by atoms with Crippen LogP contribution in [-0.2, 0) is 19.3 Å². The van der Waals surface area contributed by atoms with E-state index < -0.39 is 11.7 Å². The van der Waals surface area contributed by atoms with Crippen molar-refractivity contribution in [3.63, 3.8) is 0 Å². The summed E-state index contributed by atoms with van der Waals surface area (Å²) in [4.78, 5) is 3.88. The maximum atomic E-state index is 12.8. The Kier molecular flexibility index (Phi) is 4.16. The van der Waals surface area contributed by atoms with Crippen molar-refractivity contribution < 1.29 is 13.2 Å². The highest BCUT2D eigenvalue weighted by Crippen LogP contribution is 2.31. The first kappa shape index (κ1) is 13.5. The van der Waals surface area contributed by atoms with E-state index in [1.54, 1.807) is 18.5 Å². The molecule has 0 radical (unpaired) electrons. The lowest BCUT2D eigenvalue weighted by molar-refractivity contribution is -0.138. The van der Waals surface area contributed by atoms with E-state index in [0.29, 0.717) is 6.54 Å². The molecule has 0 saturated carbocycles. The highest BCUT2D eigenvalue weighted by atomic mass is 19.4. The van der Waals surface area contributed by atoms with E-state index >= 15 is 0 Å². The molecule has 2 nitrogen and oxygen atoms in total. The number of hydrogen-bond donors (Lipinski definition) is 1. The molecule has 0 aliphatic rings. The summed E-state index contributed by atoms with van der Waals surface area (Å²) in [6, 6.07) is 9.24. The number of nitrogens with one attached hydrogen (secondary N) is 1. The fourth-order valence-corrected chi connectivity index (χ4v) is 1.79. The third-order valence-electron chi connectivity index (χ3n) is 2.72. The summed E-state index contributed by atoms with van der Waals surface area (Å²) in [6.07, 6.45) is -1.00. The van der Waals surface area contributed by atoms with E-state index in [0.717, 1.165) is 11.6 Å². The Morgan fingerprint density at radius 1 is 0.947 bits per heavy atom. The maximum absolute atomic E-state index is 12.8. The smallest absolute Gasteiger partial charge is 0.309 e. The maximum Gasteiger partial charge on any atom is 0.416 e. The molecule has 100 valence electrons. The van der Waals surface area contributed by atoms with Gasteiger partial charge in [-0.3, -0.25) is 4.98 Å². The van der Waals surface area contributed by atoms with Gasteiger partial charge >= 0.3 is 6.18 Å². The summed E-state index contributed by atoms with van der Waals surface area (Å²) in [7, 11) is 0. The van der Waals surface area contributed by atoms with E-state index in [4.69, 9.17) is 0 Å². The zero-order valence-corrected chi connectivity index (χ0v) is 10.1. The Morgan fingerprint density at radius 2 is 1.63 bits per heavy atom. The summed E-state index contributed by atoms with van der Waals surface area (Å²) >= 11 is 0. The van der Waals surface area contributed by atoms with Crippen LogP contribution in [0, 0.1) is 0 Å². The number of rotatable bonds is 4. The van der Waals surface area contributed by atoms with Crippen LogP contribution in [0.3, 0.4) is 0 Å². The lowest BCUT2D eigenvalue weighted by Crippen LogP contribution is -2.17. The lowest BCUT2D eigenvalue weighted by Gasteiger charge is -2.13. The molecule has 1 aromatic carbocycles. The zero-order valence-electron chi connectivity index (χ0n) is 10.1. The van der Waals surface area contributed by atoms with E-state index in [1.165, 1.54) is 12.1 Å². The van der Waals surface area contributed by atoms with Gasteiger partial charge in [0.2, 0.25) is 0 Å². The molecule has 2 rings (SSSR count). The van der Waals surface area contributed by atoms with Crippen molar-refractivity contribution >= 4 is 0 Å². The molecule has 0 atom stereocenters. The molecule has 0 spiro atoms. The second-order valence-corrected chi connectivity index (χ2v) is 4.11. The van der Waals surface area contributed by atoms with Gasteiger partial charge in [0, 0.05) is 25.5 Å². The Morgan fingerprint density at radius 3 is 2.32 bits per heavy atom. The SMILES string of the molecule is FC(F)(F)c1ccccc1CNCc1ccncc1. The van der Waals surface area contributed by atoms with Crippen molar-refractivity contribution in [2.45, 2.75) is 19.3 Å². The predicted octanol–water partition coefficient (Wildman–Crippen LogP) is 3.39. The van der Waals surface area contributed by atoms with Gasteiger partial charge in [-0.1, -0.05) is 18.2 Å². The van der Waals surface area contributed by atoms with Gasteiger partial charge in [0.05, 0.1) is 5.56 Å². The molecule has 0 aliphatic carbocycles. The molecule has 19 heavy (non-hydrogen) atoms. The second-order valence-electron chi connectivity index (χ2n) is 4.11. The largest absolute Gasteiger partial charge is 0.416 e. The Labute approximate surface area is 109 Å². The van der Waals surface area contributed by atoms with Crippen molar-refractivity contribution in [2.24, 2.45) is 0 Å². The Hall–Kier alpha value is -1.88. The number of halogens is 3. The molecule has 0 fully saturated rings. The van der Waals surface area contributed by atoms with Crippen LogP contribution in [0.2, 0.25) is 0 Å². The topological polar surface area (TPSA) is 24.9 Å². The van der Waals surface area contributed by atoms with E-state index in [2.05, 4.69) is 10.3 Å². The predicted molar refractivity (Wildman–Crippen MR) is 66.2 cm³/mol. The van der Waals surface area contributed by atoms with Gasteiger partial charge in [-0.2, -0.15) is 13.2 Å². The number of alkyl halides is 3. The van der Waals surface area contributed by atoms with Crippen molar-refractivity contribution in [3.8, 4) is 0 Å². The first-order chi connectivity index (χ1) is 9.07. The molecule has 0 bridgehead atoms. The number of nitrogens with zero attached hydrogens (tertiary/aromatic N) is 1. The number of benzene rings is 1. The van der Waals surface area contributed by atoms with Crippen LogP contribution in [0.4, 0.5) is 13.2 Å². The third kappa shape index (κ3) is 3.79. The van der Waals surface area contributed by atoms with Crippen LogP contribution in [0.5, 0.6) is 0 Å². The summed E-state index contributed by atoms with van der Waals surface area (Å²) in [6.45, 7) is 0.687. The van der Waals surface area contributed by atoms with Gasteiger partial charge in [-0.15, -0.1) is 0 Å². The molecule has 0 saturated heterocycles. The third-order valence-corrected chi connectivity index (χ3v) is 2.72. The van der Waals surface area contributed by atoms with Crippen LogP contribution in [0.25, 0.3) is 0 Å². The number of hydrogen-bond acceptors (Lipinski definition) is 2. The summed E-state index contributed by atoms with van der Waals surface area (Å²) in [5, 5.41) is 3.00. The van der Waals surface area contributed by atoms with Crippen LogP contribution < -0.4 is 5.32 Å². The lowest BCUT2D eigenvalue weighted by atomic mass is 10.1. The van der Waals surface area contributed by atoms with Gasteiger partial charge in [0.25, 0.3) is 0 Å². The molecular formula is C14H13F3N2. The van der Waals surface area contributed by atoms with E-state index in [-0.39, 0.29) is 12.1 Å². The van der Waals surface area contributed by atoms with Crippen molar-refractivity contribution in [2.75, 3.05) is 0 Å². The van der Waals surface area contributed by atoms with Crippen LogP contribution in [-0.4, -0.2) is 4.98 Å². The van der Waals surface area contributed by atoms with Crippen molar-refractivity contribution in [1.82, 2.24) is 10.3 Å². The molecule has 2 aromatic rings. The van der Waals surface area contributed by atoms with Crippen LogP contribution in [0.15, 0.2) is 48.8 Å². The van der Waals surface area contributed by atoms with Crippen molar-refractivity contribution in [1.29, 1.82) is 0 Å². The first-order valence-corrected chi connectivity index (χ1v) is 5.82. The van der Waals surface area contributed by atoms with Gasteiger partial charge in [-0.25, -0.2) is 0 Å². The molecule has 1 heterocycles. The summed E-state index contributed by atoms with van der Waals surface area (Å²) in [5.41, 5.74) is 0.653. The highest BCUT2D eigenvalue weighted by molar-refractivity contribution is 5.29. The summed E-state index contributed by atoms with van der Waals surface area (Å²) in [5.74, 6) is 0. The Balaban J connectivity index is 2.00. The highest BCUT2D eigenvalue weighted by Gasteiger charge is 2.32. The average molecular weight is 266 g/mol. The van der Waals surface area contributed by atoms with Gasteiger partial charge in [0.15, 0.2) is 0 Å². The fourth-order valence-electron chi connectivity index (χ4n) is 1.79. The molecular weight excluding hydrogens is 253 g/mol. The van der Waals surface area contributed by atoms with Gasteiger partial charge in [-0.05, 0) is 29.3 Å². The summed E-state index contributed by atoms with van der Waals surface area (Å²) < 4.78 is 38.3. The van der Waals surface area contributed by atoms with E-state index in [9.17, 15) is 13.2 Å². The van der Waals surface area contributed by atoms with Gasteiger partial charge < -0.3 is 5.32 Å². The average Bonchev–Trinajstić information content (AvgIpc) is 2.39. The minimum atomic E-state index is -4.31. The monoisotopic (exact) mass is 266 g/mol. The standard InChI is InChI=1S/C14H13F3N2/c15-14(16,17)13-4-2-1-3-12(13)10-19-9-11-5-7-18-8-6-11/h1-8,19H,9-10H2. The second kappa shape index (κ2) is 5.84. The van der Waals surface area contributed by atoms with Crippen LogP contribution >= 0.6 is 0 Å². The van der Waals surface area contributed by atoms with E-state index in [1.807, 2.05) is 12.1 Å². The minimum absolute atomic E-state index is 0.179. The van der Waals surface area contributed by atoms with Crippen LogP contribution in [0.1, 0.15) is 16.7 Å². The Bertz CT molecular complexity index is 524. The quantitative estimate of drug-likeness (QED) is 0.917. The minimum Gasteiger partial charge on any atom is -0.309 e. The molecule has 1 N–H and O–H groups in total. The zero-order chi connectivity index (χ0) is 13.7. The molecule has 0 aliphatic heterocycles. The van der Waals surface area contributed by atoms with Gasteiger partial charge in [0.1, 0.15) is 0 Å². The van der Waals surface area contributed by atoms with Crippen molar-refractivity contribution in [3.05, 3.63) is 65.5 Å². The molecule has 1 aromatic heterocycles. The molecule has 0 unspecified atom stereocenters.